The third kappa shape index (κ3) is 3.88. The smallest absolute Gasteiger partial charge is 0.340 e. The highest BCUT2D eigenvalue weighted by atomic mass is 35.5. The van der Waals surface area contributed by atoms with E-state index in [-0.39, 0.29) is 17.0 Å². The van der Waals surface area contributed by atoms with Crippen LogP contribution in [0.3, 0.4) is 0 Å². The van der Waals surface area contributed by atoms with Crippen LogP contribution < -0.4 is 16.0 Å². The highest BCUT2D eigenvalue weighted by Gasteiger charge is 2.39. The van der Waals surface area contributed by atoms with Gasteiger partial charge in [0.05, 0.1) is 18.6 Å². The monoisotopic (exact) mass is 417 g/mol. The van der Waals surface area contributed by atoms with Gasteiger partial charge in [0.1, 0.15) is 11.3 Å². The van der Waals surface area contributed by atoms with Crippen LogP contribution >= 0.6 is 11.6 Å². The molecular weight excluding hydrogens is 394 g/mol. The molecule has 29 heavy (non-hydrogen) atoms. The minimum atomic E-state index is -0.793. The van der Waals surface area contributed by atoms with Crippen molar-refractivity contribution in [1.29, 1.82) is 0 Å². The summed E-state index contributed by atoms with van der Waals surface area (Å²) in [6.45, 7) is 3.01. The number of hydrogen-bond donors (Lipinski definition) is 1. The molecule has 0 unspecified atom stereocenters. The van der Waals surface area contributed by atoms with Crippen molar-refractivity contribution in [2.24, 2.45) is 5.73 Å². The zero-order valence-corrected chi connectivity index (χ0v) is 17.6. The molecule has 1 aliphatic heterocycles. The lowest BCUT2D eigenvalue weighted by atomic mass is 9.83. The molecule has 2 aromatic rings. The molecule has 0 spiro atoms. The number of pyridine rings is 1. The van der Waals surface area contributed by atoms with Gasteiger partial charge in [-0.3, -0.25) is 4.79 Å². The van der Waals surface area contributed by atoms with Gasteiger partial charge in [-0.15, -0.1) is 0 Å². The number of aryl methyl sites for hydroxylation is 1. The molecule has 0 saturated heterocycles. The van der Waals surface area contributed by atoms with E-state index in [1.165, 1.54) is 7.11 Å². The Morgan fingerprint density at radius 3 is 2.66 bits per heavy atom. The summed E-state index contributed by atoms with van der Waals surface area (Å²) in [5, 5.41) is 0.416. The fourth-order valence-corrected chi connectivity index (χ4v) is 3.74. The first-order valence-electron chi connectivity index (χ1n) is 9.15. The fraction of sp³-hybridized carbons (Fsp3) is 0.333. The number of aromatic nitrogens is 1. The van der Waals surface area contributed by atoms with Crippen molar-refractivity contribution < 1.29 is 14.3 Å². The molecule has 0 saturated carbocycles. The van der Waals surface area contributed by atoms with Crippen molar-refractivity contribution in [2.75, 3.05) is 27.7 Å². The van der Waals surface area contributed by atoms with Crippen LogP contribution in [0.5, 0.6) is 5.75 Å². The number of esters is 1. The lowest BCUT2D eigenvalue weighted by molar-refractivity contribution is -0.136. The summed E-state index contributed by atoms with van der Waals surface area (Å²) in [7, 11) is 5.13. The molecule has 0 bridgehead atoms. The number of fused-ring (bicyclic) bond motifs is 1. The Hall–Kier alpha value is -2.77. The average molecular weight is 418 g/mol. The minimum absolute atomic E-state index is 0.0632. The van der Waals surface area contributed by atoms with Crippen LogP contribution in [0.2, 0.25) is 5.02 Å². The third-order valence-corrected chi connectivity index (χ3v) is 5.31. The summed E-state index contributed by atoms with van der Waals surface area (Å²) in [6.07, 6.45) is 0. The summed E-state index contributed by atoms with van der Waals surface area (Å²) in [4.78, 5) is 28.1. The summed E-state index contributed by atoms with van der Waals surface area (Å²) >= 11 is 6.44. The Morgan fingerprint density at radius 2 is 2.03 bits per heavy atom. The molecule has 1 aromatic heterocycles. The second kappa shape index (κ2) is 8.31. The van der Waals surface area contributed by atoms with Crippen LogP contribution in [-0.4, -0.2) is 43.2 Å². The van der Waals surface area contributed by atoms with Crippen molar-refractivity contribution in [3.8, 4) is 5.75 Å². The zero-order chi connectivity index (χ0) is 21.3. The van der Waals surface area contributed by atoms with Crippen molar-refractivity contribution in [3.63, 3.8) is 0 Å². The summed E-state index contributed by atoms with van der Waals surface area (Å²) in [5.41, 5.74) is 7.54. The zero-order valence-electron chi connectivity index (χ0n) is 16.9. The first kappa shape index (κ1) is 21.0. The molecular formula is C21H24ClN3O4. The summed E-state index contributed by atoms with van der Waals surface area (Å²) < 4.78 is 12.3. The Morgan fingerprint density at radius 1 is 1.34 bits per heavy atom. The number of methoxy groups -OCH3 is 1. The molecule has 1 aliphatic rings. The van der Waals surface area contributed by atoms with Crippen LogP contribution in [0, 0.1) is 6.92 Å². The van der Waals surface area contributed by atoms with Crippen molar-refractivity contribution >= 4 is 17.6 Å². The molecule has 1 atom stereocenters. The molecule has 0 amide bonds. The van der Waals surface area contributed by atoms with Gasteiger partial charge in [0.15, 0.2) is 0 Å². The quantitative estimate of drug-likeness (QED) is 0.751. The van der Waals surface area contributed by atoms with Crippen molar-refractivity contribution in [3.05, 3.63) is 74.0 Å². The summed E-state index contributed by atoms with van der Waals surface area (Å²) in [5.74, 6) is -1.24. The van der Waals surface area contributed by atoms with E-state index in [4.69, 9.17) is 26.8 Å². The van der Waals surface area contributed by atoms with Crippen LogP contribution in [0.1, 0.15) is 22.7 Å². The molecule has 0 aliphatic carbocycles. The van der Waals surface area contributed by atoms with Crippen LogP contribution in [0.15, 0.2) is 46.6 Å². The van der Waals surface area contributed by atoms with E-state index in [1.54, 1.807) is 34.9 Å². The van der Waals surface area contributed by atoms with Crippen molar-refractivity contribution in [1.82, 2.24) is 9.47 Å². The molecule has 1 aromatic carbocycles. The molecule has 0 fully saturated rings. The molecule has 8 heteroatoms. The predicted molar refractivity (Wildman–Crippen MR) is 111 cm³/mol. The molecule has 154 valence electrons. The van der Waals surface area contributed by atoms with Gasteiger partial charge in [0, 0.05) is 29.9 Å². The number of ether oxygens (including phenoxy) is 2. The number of likely N-dealkylation sites (N-methyl/N-ethyl adjacent to an activating group) is 1. The molecule has 2 N–H and O–H groups in total. The van der Waals surface area contributed by atoms with Crippen LogP contribution in [0.25, 0.3) is 0 Å². The standard InChI is InChI=1S/C21H24ClN3O4/c1-12-11-15-17(20(26)25(12)10-9-24(2)3)16(13-7-5-6-8-14(13)22)18(19(23)29-15)21(27)28-4/h5-8,11,16H,9-10,23H2,1-4H3/t16-/m0/s1. The first-order valence-corrected chi connectivity index (χ1v) is 9.53. The van der Waals surface area contributed by atoms with Gasteiger partial charge in [0.25, 0.3) is 5.56 Å². The molecule has 7 nitrogen and oxygen atoms in total. The maximum absolute atomic E-state index is 13.5. The number of carbonyl (C=O) groups is 1. The lowest BCUT2D eigenvalue weighted by Gasteiger charge is -2.29. The van der Waals surface area contributed by atoms with Crippen molar-refractivity contribution in [2.45, 2.75) is 19.4 Å². The highest BCUT2D eigenvalue weighted by molar-refractivity contribution is 6.31. The number of rotatable bonds is 5. The molecule has 2 heterocycles. The SMILES string of the molecule is COC(=O)C1=C(N)Oc2cc(C)n(CCN(C)C)c(=O)c2[C@@H]1c1ccccc1Cl. The largest absolute Gasteiger partial charge is 0.465 e. The van der Waals surface area contributed by atoms with E-state index >= 15 is 0 Å². The van der Waals surface area contributed by atoms with Gasteiger partial charge in [-0.1, -0.05) is 29.8 Å². The maximum atomic E-state index is 13.5. The normalized spacial score (nSPS) is 15.9. The highest BCUT2D eigenvalue weighted by Crippen LogP contribution is 2.43. The minimum Gasteiger partial charge on any atom is -0.465 e. The van der Waals surface area contributed by atoms with E-state index in [0.717, 1.165) is 5.69 Å². The van der Waals surface area contributed by atoms with E-state index in [0.29, 0.717) is 35.0 Å². The molecule has 3 rings (SSSR count). The number of carbonyl (C=O) groups excluding carboxylic acids is 1. The molecule has 0 radical (unpaired) electrons. The van der Waals surface area contributed by atoms with Gasteiger partial charge < -0.3 is 24.7 Å². The Bertz CT molecular complexity index is 1040. The Balaban J connectivity index is 2.29. The Kier molecular flexibility index (Phi) is 6.00. The average Bonchev–Trinajstić information content (AvgIpc) is 2.66. The fourth-order valence-electron chi connectivity index (χ4n) is 3.49. The maximum Gasteiger partial charge on any atom is 0.340 e. The van der Waals surface area contributed by atoms with Crippen LogP contribution in [-0.2, 0) is 16.1 Å². The number of hydrogen-bond acceptors (Lipinski definition) is 6. The van der Waals surface area contributed by atoms with Gasteiger partial charge in [-0.05, 0) is 32.6 Å². The lowest BCUT2D eigenvalue weighted by Crippen LogP contribution is -2.36. The van der Waals surface area contributed by atoms with E-state index in [2.05, 4.69) is 0 Å². The predicted octanol–water partition coefficient (Wildman–Crippen LogP) is 2.24. The van der Waals surface area contributed by atoms with E-state index in [1.807, 2.05) is 25.9 Å². The second-order valence-electron chi connectivity index (χ2n) is 7.15. The second-order valence-corrected chi connectivity index (χ2v) is 7.56. The number of halogens is 1. The topological polar surface area (TPSA) is 86.8 Å². The Labute approximate surface area is 174 Å². The van der Waals surface area contributed by atoms with Crippen LogP contribution in [0.4, 0.5) is 0 Å². The third-order valence-electron chi connectivity index (χ3n) is 4.96. The van der Waals surface area contributed by atoms with E-state index in [9.17, 15) is 9.59 Å². The number of benzene rings is 1. The summed E-state index contributed by atoms with van der Waals surface area (Å²) in [6, 6.07) is 8.80. The van der Waals surface area contributed by atoms with Gasteiger partial charge in [0.2, 0.25) is 5.88 Å². The number of nitrogens with two attached hydrogens (primary N) is 1. The van der Waals surface area contributed by atoms with E-state index < -0.39 is 11.9 Å². The van der Waals surface area contributed by atoms with Gasteiger partial charge in [-0.25, -0.2) is 4.79 Å². The number of nitrogens with zero attached hydrogens (tertiary/aromatic N) is 2. The van der Waals surface area contributed by atoms with Gasteiger partial charge >= 0.3 is 5.97 Å². The first-order chi connectivity index (χ1) is 13.8. The van der Waals surface area contributed by atoms with Gasteiger partial charge in [-0.2, -0.15) is 0 Å².